The first-order valence-corrected chi connectivity index (χ1v) is 6.40. The van der Waals surface area contributed by atoms with Crippen molar-refractivity contribution < 1.29 is 39.9 Å². The molecule has 1 unspecified atom stereocenters. The summed E-state index contributed by atoms with van der Waals surface area (Å²) in [5.41, 5.74) is 0. The highest BCUT2D eigenvalue weighted by molar-refractivity contribution is 8.13. The van der Waals surface area contributed by atoms with Crippen LogP contribution in [-0.2, 0) is 4.79 Å². The van der Waals surface area contributed by atoms with Crippen LogP contribution in [0.3, 0.4) is 0 Å². The smallest absolute Gasteiger partial charge is 0.287 e. The van der Waals surface area contributed by atoms with Gasteiger partial charge in [-0.25, -0.2) is 17.6 Å². The summed E-state index contributed by atoms with van der Waals surface area (Å²) in [4.78, 5) is 10.8. The van der Waals surface area contributed by atoms with Gasteiger partial charge in [0.2, 0.25) is 6.17 Å². The van der Waals surface area contributed by atoms with Gasteiger partial charge in [0.25, 0.3) is 0 Å². The van der Waals surface area contributed by atoms with Crippen LogP contribution in [0.2, 0.25) is 0 Å². The van der Waals surface area contributed by atoms with Gasteiger partial charge in [-0.3, -0.25) is 4.79 Å². The summed E-state index contributed by atoms with van der Waals surface area (Å²) in [5.74, 6) is -16.9. The highest BCUT2D eigenvalue weighted by Crippen LogP contribution is 2.46. The van der Waals surface area contributed by atoms with Crippen LogP contribution in [0.1, 0.15) is 19.8 Å². The van der Waals surface area contributed by atoms with Gasteiger partial charge in [-0.15, -0.1) is 0 Å². The van der Waals surface area contributed by atoms with Crippen molar-refractivity contribution >= 4 is 16.9 Å². The molecule has 0 fully saturated rings. The Bertz CT molecular complexity index is 333. The van der Waals surface area contributed by atoms with Gasteiger partial charge in [0, 0.05) is 18.6 Å². The second-order valence-electron chi connectivity index (χ2n) is 3.91. The van der Waals surface area contributed by atoms with E-state index in [-0.39, 0.29) is 6.42 Å². The van der Waals surface area contributed by atoms with Gasteiger partial charge in [-0.05, 0) is 0 Å². The van der Waals surface area contributed by atoms with Crippen LogP contribution in [-0.4, -0.2) is 41.5 Å². The largest absolute Gasteiger partial charge is 0.346 e. The molecule has 0 radical (unpaired) electrons. The molecule has 20 heavy (non-hydrogen) atoms. The normalized spacial score (nSPS) is 15.2. The van der Waals surface area contributed by atoms with Crippen LogP contribution in [0.25, 0.3) is 0 Å². The van der Waals surface area contributed by atoms with Crippen molar-refractivity contribution in [1.29, 1.82) is 0 Å². The number of halogens is 8. The van der Waals surface area contributed by atoms with Crippen molar-refractivity contribution in [2.45, 2.75) is 43.7 Å². The van der Waals surface area contributed by atoms with Crippen molar-refractivity contribution in [3.63, 3.8) is 0 Å². The van der Waals surface area contributed by atoms with E-state index in [4.69, 9.17) is 0 Å². The molecule has 0 aliphatic rings. The van der Waals surface area contributed by atoms with Crippen molar-refractivity contribution in [2.75, 3.05) is 12.4 Å². The Morgan fingerprint density at radius 2 is 1.65 bits per heavy atom. The summed E-state index contributed by atoms with van der Waals surface area (Å²) in [6.07, 6.45) is -6.36. The number of carbonyl (C=O) groups is 1. The van der Waals surface area contributed by atoms with E-state index in [1.807, 2.05) is 0 Å². The molecule has 0 aromatic heterocycles. The number of carbonyl (C=O) groups excluding carboxylic acids is 1. The molecule has 0 aliphatic heterocycles. The Kier molecular flexibility index (Phi) is 6.76. The molecular weight excluding hydrogens is 320 g/mol. The van der Waals surface area contributed by atoms with E-state index in [1.165, 1.54) is 6.92 Å². The monoisotopic (exact) mass is 332 g/mol. The first kappa shape index (κ1) is 19.5. The van der Waals surface area contributed by atoms with E-state index >= 15 is 0 Å². The molecule has 120 valence electrons. The third-order valence-electron chi connectivity index (χ3n) is 2.32. The molecule has 0 N–H and O–H groups in total. The van der Waals surface area contributed by atoms with Gasteiger partial charge in [-0.1, -0.05) is 18.7 Å². The molecule has 0 saturated carbocycles. The fourth-order valence-electron chi connectivity index (χ4n) is 1.08. The van der Waals surface area contributed by atoms with E-state index in [0.717, 1.165) is 0 Å². The predicted molar refractivity (Wildman–Crippen MR) is 58.1 cm³/mol. The van der Waals surface area contributed by atoms with Crippen LogP contribution in [0.5, 0.6) is 0 Å². The topological polar surface area (TPSA) is 17.1 Å². The maximum atomic E-state index is 13.1. The maximum Gasteiger partial charge on any atom is 0.346 e. The maximum absolute atomic E-state index is 13.1. The van der Waals surface area contributed by atoms with Gasteiger partial charge in [-0.2, -0.15) is 17.6 Å². The lowest BCUT2D eigenvalue weighted by Crippen LogP contribution is -2.55. The zero-order valence-electron chi connectivity index (χ0n) is 10.2. The van der Waals surface area contributed by atoms with Crippen LogP contribution in [0.15, 0.2) is 0 Å². The van der Waals surface area contributed by atoms with Crippen LogP contribution in [0, 0.1) is 0 Å². The summed E-state index contributed by atoms with van der Waals surface area (Å²) in [6.45, 7) is -1.41. The predicted octanol–water partition coefficient (Wildman–Crippen LogP) is 4.26. The minimum absolute atomic E-state index is 0.0295. The fourth-order valence-corrected chi connectivity index (χ4v) is 1.87. The SMILES string of the molecule is CCC(=O)SCCC(F)(F)C(F)(F)C(F)C(F)(F)CF. The number of alkyl halides is 8. The zero-order valence-corrected chi connectivity index (χ0v) is 11.1. The molecule has 0 heterocycles. The summed E-state index contributed by atoms with van der Waals surface area (Å²) < 4.78 is 102. The van der Waals surface area contributed by atoms with E-state index in [9.17, 15) is 39.9 Å². The van der Waals surface area contributed by atoms with Crippen LogP contribution >= 0.6 is 11.8 Å². The third kappa shape index (κ3) is 4.49. The molecule has 0 bridgehead atoms. The fraction of sp³-hybridized carbons (Fsp3) is 0.900. The first-order valence-electron chi connectivity index (χ1n) is 5.41. The average Bonchev–Trinajstić information content (AvgIpc) is 2.36. The minimum atomic E-state index is -5.74. The average molecular weight is 332 g/mol. The molecule has 0 amide bonds. The second-order valence-corrected chi connectivity index (χ2v) is 5.06. The molecule has 0 aliphatic carbocycles. The highest BCUT2D eigenvalue weighted by Gasteiger charge is 2.68. The summed E-state index contributed by atoms with van der Waals surface area (Å²) in [7, 11) is 0. The number of hydrogen-bond acceptors (Lipinski definition) is 2. The highest BCUT2D eigenvalue weighted by atomic mass is 32.2. The van der Waals surface area contributed by atoms with Gasteiger partial charge in [0.05, 0.1) is 0 Å². The number of rotatable bonds is 8. The molecule has 10 heteroatoms. The van der Waals surface area contributed by atoms with Crippen LogP contribution in [0.4, 0.5) is 35.1 Å². The number of thioether (sulfide) groups is 1. The Morgan fingerprint density at radius 3 is 2.05 bits per heavy atom. The zero-order chi connectivity index (χ0) is 16.2. The van der Waals surface area contributed by atoms with Gasteiger partial charge >= 0.3 is 17.8 Å². The molecule has 0 aromatic rings. The van der Waals surface area contributed by atoms with Gasteiger partial charge < -0.3 is 0 Å². The van der Waals surface area contributed by atoms with E-state index < -0.39 is 47.9 Å². The quantitative estimate of drug-likeness (QED) is 0.618. The Labute approximate surface area is 114 Å². The second kappa shape index (κ2) is 6.95. The van der Waals surface area contributed by atoms with Crippen molar-refractivity contribution in [1.82, 2.24) is 0 Å². The van der Waals surface area contributed by atoms with E-state index in [2.05, 4.69) is 0 Å². The van der Waals surface area contributed by atoms with Crippen molar-refractivity contribution in [3.05, 3.63) is 0 Å². The summed E-state index contributed by atoms with van der Waals surface area (Å²) in [5, 5.41) is -0.560. The molecule has 0 saturated heterocycles. The third-order valence-corrected chi connectivity index (χ3v) is 3.34. The Balaban J connectivity index is 4.84. The van der Waals surface area contributed by atoms with E-state index in [0.29, 0.717) is 11.8 Å². The van der Waals surface area contributed by atoms with Gasteiger partial charge in [0.1, 0.15) is 0 Å². The lowest BCUT2D eigenvalue weighted by molar-refractivity contribution is -0.279. The minimum Gasteiger partial charge on any atom is -0.287 e. The van der Waals surface area contributed by atoms with Crippen molar-refractivity contribution in [2.24, 2.45) is 0 Å². The molecule has 0 spiro atoms. The molecular formula is C10H12F8OS. The molecule has 0 aromatic carbocycles. The Morgan fingerprint density at radius 1 is 1.15 bits per heavy atom. The van der Waals surface area contributed by atoms with Crippen LogP contribution < -0.4 is 0 Å². The summed E-state index contributed by atoms with van der Waals surface area (Å²) in [6, 6.07) is 0. The summed E-state index contributed by atoms with van der Waals surface area (Å²) >= 11 is 0.308. The Hall–Kier alpha value is -0.540. The lowest BCUT2D eigenvalue weighted by atomic mass is 10.00. The molecule has 1 nitrogen and oxygen atoms in total. The van der Waals surface area contributed by atoms with Crippen molar-refractivity contribution in [3.8, 4) is 0 Å². The van der Waals surface area contributed by atoms with Gasteiger partial charge in [0.15, 0.2) is 11.8 Å². The lowest BCUT2D eigenvalue weighted by Gasteiger charge is -2.31. The standard InChI is InChI=1S/C10H12F8OS/c1-2-6(19)20-4-3-9(15,16)10(17,18)7(12)8(13,14)5-11/h7H,2-5H2,1H3. The molecule has 1 atom stereocenters. The number of hydrogen-bond donors (Lipinski definition) is 0. The van der Waals surface area contributed by atoms with E-state index in [1.54, 1.807) is 0 Å². The first-order chi connectivity index (χ1) is 8.92. The molecule has 0 rings (SSSR count).